The maximum atomic E-state index is 13.4. The minimum Gasteiger partial charge on any atom is -0.497 e. The summed E-state index contributed by atoms with van der Waals surface area (Å²) < 4.78 is 18.2. The lowest BCUT2D eigenvalue weighted by Crippen LogP contribution is -2.37. The highest BCUT2D eigenvalue weighted by Gasteiger charge is 2.27. The van der Waals surface area contributed by atoms with Crippen LogP contribution in [-0.2, 0) is 10.2 Å². The van der Waals surface area contributed by atoms with Crippen molar-refractivity contribution < 1.29 is 19.0 Å². The number of ketones is 1. The van der Waals surface area contributed by atoms with Gasteiger partial charge in [-0.25, -0.2) is 0 Å². The molecule has 0 amide bonds. The van der Waals surface area contributed by atoms with Gasteiger partial charge in [0.2, 0.25) is 5.16 Å². The molecule has 0 unspecified atom stereocenters. The lowest BCUT2D eigenvalue weighted by Gasteiger charge is -2.33. The minimum absolute atomic E-state index is 0.000937. The number of benzene rings is 2. The van der Waals surface area contributed by atoms with Gasteiger partial charge in [-0.05, 0) is 35.2 Å². The second-order valence-corrected chi connectivity index (χ2v) is 10.6. The molecule has 3 aromatic rings. The van der Waals surface area contributed by atoms with Crippen LogP contribution in [0.25, 0.3) is 0 Å². The molecule has 10 heteroatoms. The van der Waals surface area contributed by atoms with Crippen molar-refractivity contribution in [1.82, 2.24) is 14.9 Å². The summed E-state index contributed by atoms with van der Waals surface area (Å²) in [6.45, 7) is 9.17. The van der Waals surface area contributed by atoms with E-state index >= 15 is 0 Å². The van der Waals surface area contributed by atoms with Crippen LogP contribution in [0.15, 0.2) is 53.0 Å². The Balaban J connectivity index is 1.54. The van der Waals surface area contributed by atoms with Crippen LogP contribution >= 0.6 is 11.8 Å². The van der Waals surface area contributed by atoms with E-state index in [1.165, 1.54) is 18.1 Å². The average Bonchev–Trinajstić information content (AvgIpc) is 3.37. The van der Waals surface area contributed by atoms with Gasteiger partial charge in [0.1, 0.15) is 17.8 Å². The van der Waals surface area contributed by atoms with Crippen molar-refractivity contribution in [2.45, 2.75) is 31.3 Å². The van der Waals surface area contributed by atoms with Crippen molar-refractivity contribution in [2.75, 3.05) is 51.2 Å². The largest absolute Gasteiger partial charge is 0.497 e. The van der Waals surface area contributed by atoms with Gasteiger partial charge >= 0.3 is 0 Å². The van der Waals surface area contributed by atoms with E-state index in [1.807, 2.05) is 36.4 Å². The highest BCUT2D eigenvalue weighted by molar-refractivity contribution is 7.99. The maximum Gasteiger partial charge on any atom is 0.212 e. The first-order valence-corrected chi connectivity index (χ1v) is 13.1. The number of carbonyl (C=O) groups is 1. The second kappa shape index (κ2) is 11.8. The number of hydrogen-bond donors (Lipinski definition) is 0. The fourth-order valence-corrected chi connectivity index (χ4v) is 4.80. The van der Waals surface area contributed by atoms with Crippen LogP contribution in [0.5, 0.6) is 11.5 Å². The van der Waals surface area contributed by atoms with Gasteiger partial charge in [0.05, 0.1) is 45.1 Å². The summed E-state index contributed by atoms with van der Waals surface area (Å²) in [5.41, 5.74) is 3.25. The zero-order valence-electron chi connectivity index (χ0n) is 21.9. The zero-order valence-corrected chi connectivity index (χ0v) is 22.7. The minimum atomic E-state index is -0.204. The molecular formula is C27H33N5O4S. The molecule has 1 aliphatic heterocycles. The molecule has 0 saturated carbocycles. The molecule has 4 rings (SSSR count). The number of rotatable bonds is 9. The predicted octanol–water partition coefficient (Wildman–Crippen LogP) is 4.29. The fraction of sp³-hybridized carbons (Fsp3) is 0.407. The van der Waals surface area contributed by atoms with Crippen molar-refractivity contribution >= 4 is 29.4 Å². The van der Waals surface area contributed by atoms with E-state index in [-0.39, 0.29) is 17.0 Å². The topological polar surface area (TPSA) is 91.1 Å². The molecule has 1 saturated heterocycles. The Labute approximate surface area is 221 Å². The first-order valence-electron chi connectivity index (χ1n) is 12.1. The van der Waals surface area contributed by atoms with Crippen LogP contribution in [0.3, 0.4) is 0 Å². The summed E-state index contributed by atoms with van der Waals surface area (Å²) in [6, 6.07) is 11.5. The number of methoxy groups -OCH3 is 2. The van der Waals surface area contributed by atoms with E-state index in [2.05, 4.69) is 41.0 Å². The summed E-state index contributed by atoms with van der Waals surface area (Å²) in [4.78, 5) is 15.6. The number of ether oxygens (including phenoxy) is 3. The first kappa shape index (κ1) is 26.7. The van der Waals surface area contributed by atoms with Gasteiger partial charge in [0, 0.05) is 24.2 Å². The Hall–Kier alpha value is -3.37. The monoisotopic (exact) mass is 523 g/mol. The molecule has 0 N–H and O–H groups in total. The Morgan fingerprint density at radius 1 is 1.16 bits per heavy atom. The smallest absolute Gasteiger partial charge is 0.212 e. The molecule has 2 heterocycles. The molecular weight excluding hydrogens is 490 g/mol. The molecule has 0 radical (unpaired) electrons. The molecule has 0 spiro atoms. The van der Waals surface area contributed by atoms with E-state index in [1.54, 1.807) is 25.1 Å². The number of nitrogens with zero attached hydrogens (tertiary/aromatic N) is 5. The molecule has 1 aliphatic rings. The molecule has 9 nitrogen and oxygen atoms in total. The second-order valence-electron chi connectivity index (χ2n) is 9.62. The van der Waals surface area contributed by atoms with E-state index < -0.39 is 0 Å². The van der Waals surface area contributed by atoms with Crippen molar-refractivity contribution in [3.8, 4) is 11.5 Å². The number of morpholine rings is 1. The Bertz CT molecular complexity index is 1260. The number of carbonyl (C=O) groups excluding carboxylic acids is 1. The van der Waals surface area contributed by atoms with Crippen LogP contribution < -0.4 is 14.4 Å². The van der Waals surface area contributed by atoms with Crippen LogP contribution in [0.4, 0.5) is 5.69 Å². The average molecular weight is 524 g/mol. The quantitative estimate of drug-likeness (QED) is 0.233. The SMILES string of the molecule is COc1cccc(/C=N/n2cnnc2SCC(=O)c2cc(N3CCOCC3)c(OC)c(C(C)(C)C)c2)c1. The van der Waals surface area contributed by atoms with Gasteiger partial charge in [-0.2, -0.15) is 9.78 Å². The Morgan fingerprint density at radius 3 is 2.65 bits per heavy atom. The van der Waals surface area contributed by atoms with E-state index in [9.17, 15) is 4.79 Å². The summed E-state index contributed by atoms with van der Waals surface area (Å²) >= 11 is 1.30. The molecule has 0 atom stereocenters. The molecule has 2 aromatic carbocycles. The van der Waals surface area contributed by atoms with E-state index in [0.717, 1.165) is 41.4 Å². The molecule has 37 heavy (non-hydrogen) atoms. The Morgan fingerprint density at radius 2 is 1.95 bits per heavy atom. The van der Waals surface area contributed by atoms with Crippen LogP contribution in [-0.4, -0.2) is 73.1 Å². The van der Waals surface area contributed by atoms with Gasteiger partial charge < -0.3 is 19.1 Å². The van der Waals surface area contributed by atoms with Crippen LogP contribution in [0.1, 0.15) is 42.3 Å². The fourth-order valence-electron chi connectivity index (χ4n) is 4.04. The molecule has 1 aromatic heterocycles. The third-order valence-corrected chi connectivity index (χ3v) is 6.95. The predicted molar refractivity (Wildman–Crippen MR) is 146 cm³/mol. The summed E-state index contributed by atoms with van der Waals surface area (Å²) in [7, 11) is 3.31. The van der Waals surface area contributed by atoms with Gasteiger partial charge in [0.15, 0.2) is 5.78 Å². The van der Waals surface area contributed by atoms with Crippen molar-refractivity contribution in [2.24, 2.45) is 5.10 Å². The highest BCUT2D eigenvalue weighted by Crippen LogP contribution is 2.40. The van der Waals surface area contributed by atoms with Gasteiger partial charge in [0.25, 0.3) is 0 Å². The lowest BCUT2D eigenvalue weighted by atomic mass is 9.84. The number of Topliss-reactive ketones (excluding diaryl/α,β-unsaturated/α-hetero) is 1. The lowest BCUT2D eigenvalue weighted by molar-refractivity contribution is 0.102. The Kier molecular flexibility index (Phi) is 8.50. The van der Waals surface area contributed by atoms with Crippen molar-refractivity contribution in [1.29, 1.82) is 0 Å². The molecule has 196 valence electrons. The summed E-state index contributed by atoms with van der Waals surface area (Å²) in [5.74, 6) is 1.76. The third-order valence-electron chi connectivity index (χ3n) is 6.01. The third kappa shape index (κ3) is 6.50. The normalized spacial score (nSPS) is 14.2. The standard InChI is InChI=1S/C27H33N5O4S/c1-27(2,3)22-14-20(15-23(25(22)35-5)31-9-11-36-12-10-31)24(33)17-37-26-30-28-18-32(26)29-16-19-7-6-8-21(13-19)34-4/h6-8,13-16,18H,9-12,17H2,1-5H3/b29-16+. The maximum absolute atomic E-state index is 13.4. The zero-order chi connectivity index (χ0) is 26.4. The molecule has 0 aliphatic carbocycles. The van der Waals surface area contributed by atoms with Crippen LogP contribution in [0.2, 0.25) is 0 Å². The van der Waals surface area contributed by atoms with Crippen LogP contribution in [0, 0.1) is 0 Å². The van der Waals surface area contributed by atoms with E-state index in [4.69, 9.17) is 14.2 Å². The highest BCUT2D eigenvalue weighted by atomic mass is 32.2. The number of hydrogen-bond acceptors (Lipinski definition) is 9. The molecule has 0 bridgehead atoms. The van der Waals surface area contributed by atoms with Crippen molar-refractivity contribution in [3.05, 3.63) is 59.4 Å². The van der Waals surface area contributed by atoms with Gasteiger partial charge in [-0.3, -0.25) is 4.79 Å². The van der Waals surface area contributed by atoms with E-state index in [0.29, 0.717) is 23.9 Å². The summed E-state index contributed by atoms with van der Waals surface area (Å²) in [6.07, 6.45) is 3.22. The van der Waals surface area contributed by atoms with Crippen molar-refractivity contribution in [3.63, 3.8) is 0 Å². The number of aromatic nitrogens is 3. The first-order chi connectivity index (χ1) is 17.8. The van der Waals surface area contributed by atoms with Gasteiger partial charge in [-0.1, -0.05) is 44.7 Å². The summed E-state index contributed by atoms with van der Waals surface area (Å²) in [5, 5.41) is 13.1. The van der Waals surface area contributed by atoms with Gasteiger partial charge in [-0.15, -0.1) is 10.2 Å². The number of thioether (sulfide) groups is 1. The number of anilines is 1. The molecule has 1 fully saturated rings.